The molecule has 0 aliphatic heterocycles. The fraction of sp³-hybridized carbons (Fsp3) is 0.333. The lowest BCUT2D eigenvalue weighted by Gasteiger charge is -2.06. The molecule has 0 fully saturated rings. The van der Waals surface area contributed by atoms with Crippen LogP contribution in [0.3, 0.4) is 0 Å². The molecule has 0 spiro atoms. The summed E-state index contributed by atoms with van der Waals surface area (Å²) in [5.74, 6) is 0.249. The number of rotatable bonds is 4. The van der Waals surface area contributed by atoms with Crippen LogP contribution in [0.1, 0.15) is 24.9 Å². The van der Waals surface area contributed by atoms with E-state index in [1.807, 2.05) is 6.07 Å². The molecule has 0 saturated heterocycles. The summed E-state index contributed by atoms with van der Waals surface area (Å²) in [5.41, 5.74) is 0.900. The summed E-state index contributed by atoms with van der Waals surface area (Å²) in [6.07, 6.45) is 0. The van der Waals surface area contributed by atoms with E-state index in [1.54, 1.807) is 29.5 Å². The lowest BCUT2D eigenvalue weighted by atomic mass is 10.2. The van der Waals surface area contributed by atoms with E-state index in [-0.39, 0.29) is 11.8 Å². The van der Waals surface area contributed by atoms with Crippen molar-refractivity contribution in [3.05, 3.63) is 29.3 Å². The maximum atomic E-state index is 9.42. The van der Waals surface area contributed by atoms with Gasteiger partial charge in [0.1, 0.15) is 15.8 Å². The van der Waals surface area contributed by atoms with Crippen molar-refractivity contribution >= 4 is 11.3 Å². The van der Waals surface area contributed by atoms with Gasteiger partial charge in [-0.15, -0.1) is 10.2 Å². The minimum absolute atomic E-state index is 0.212. The largest absolute Gasteiger partial charge is 0.508 e. The highest BCUT2D eigenvalue weighted by Gasteiger charge is 2.12. The first-order valence-electron chi connectivity index (χ1n) is 5.57. The minimum atomic E-state index is 0.212. The third-order valence-electron chi connectivity index (χ3n) is 2.41. The number of hydrogen-bond donors (Lipinski definition) is 2. The van der Waals surface area contributed by atoms with Crippen LogP contribution in [0, 0.1) is 0 Å². The van der Waals surface area contributed by atoms with Crippen molar-refractivity contribution in [2.24, 2.45) is 0 Å². The van der Waals surface area contributed by atoms with Crippen LogP contribution in [0.25, 0.3) is 10.6 Å². The van der Waals surface area contributed by atoms with Crippen molar-refractivity contribution in [1.29, 1.82) is 0 Å². The highest BCUT2D eigenvalue weighted by atomic mass is 32.1. The highest BCUT2D eigenvalue weighted by Crippen LogP contribution is 2.28. The van der Waals surface area contributed by atoms with Crippen LogP contribution in [-0.4, -0.2) is 21.8 Å². The van der Waals surface area contributed by atoms with E-state index in [2.05, 4.69) is 29.4 Å². The summed E-state index contributed by atoms with van der Waals surface area (Å²) in [6, 6.07) is 7.28. The molecule has 0 bridgehead atoms. The lowest BCUT2D eigenvalue weighted by molar-refractivity contribution is 0.475. The molecule has 2 N–H and O–H groups in total. The van der Waals surface area contributed by atoms with Gasteiger partial charge in [-0.2, -0.15) is 0 Å². The molecule has 2 rings (SSSR count). The first-order chi connectivity index (χ1) is 8.20. The number of benzene rings is 1. The maximum Gasteiger partial charge on any atom is 0.147 e. The number of aromatic nitrogens is 2. The van der Waals surface area contributed by atoms with Crippen molar-refractivity contribution in [3.8, 4) is 16.3 Å². The zero-order valence-corrected chi connectivity index (χ0v) is 10.7. The molecule has 17 heavy (non-hydrogen) atoms. The standard InChI is InChI=1S/C12H15N3OS/c1-3-13-8(2)11-14-15-12(17-11)9-5-4-6-10(16)7-9/h4-8,13,16H,3H2,1-2H3. The minimum Gasteiger partial charge on any atom is -0.508 e. The molecule has 1 aromatic carbocycles. The summed E-state index contributed by atoms with van der Waals surface area (Å²) in [6.45, 7) is 5.03. The monoisotopic (exact) mass is 249 g/mol. The number of phenols is 1. The third-order valence-corrected chi connectivity index (χ3v) is 3.57. The molecular formula is C12H15N3OS. The highest BCUT2D eigenvalue weighted by molar-refractivity contribution is 7.14. The number of nitrogens with one attached hydrogen (secondary N) is 1. The Morgan fingerprint density at radius 1 is 1.41 bits per heavy atom. The molecule has 1 unspecified atom stereocenters. The molecule has 0 amide bonds. The summed E-state index contributed by atoms with van der Waals surface area (Å²) < 4.78 is 0. The van der Waals surface area contributed by atoms with E-state index in [9.17, 15) is 5.11 Å². The van der Waals surface area contributed by atoms with Gasteiger partial charge in [-0.25, -0.2) is 0 Å². The van der Waals surface area contributed by atoms with Crippen LogP contribution in [0.15, 0.2) is 24.3 Å². The van der Waals surface area contributed by atoms with Gasteiger partial charge in [0.05, 0.1) is 6.04 Å². The van der Waals surface area contributed by atoms with Crippen LogP contribution < -0.4 is 5.32 Å². The Morgan fingerprint density at radius 3 is 2.94 bits per heavy atom. The second kappa shape index (κ2) is 5.25. The fourth-order valence-electron chi connectivity index (χ4n) is 1.56. The normalized spacial score (nSPS) is 12.6. The molecule has 4 nitrogen and oxygen atoms in total. The number of nitrogens with zero attached hydrogens (tertiary/aromatic N) is 2. The smallest absolute Gasteiger partial charge is 0.147 e. The summed E-state index contributed by atoms with van der Waals surface area (Å²) in [4.78, 5) is 0. The van der Waals surface area contributed by atoms with Crippen LogP contribution in [0.2, 0.25) is 0 Å². The van der Waals surface area contributed by atoms with E-state index in [0.717, 1.165) is 22.1 Å². The first-order valence-corrected chi connectivity index (χ1v) is 6.38. The number of phenolic OH excluding ortho intramolecular Hbond substituents is 1. The van der Waals surface area contributed by atoms with Gasteiger partial charge in [0.25, 0.3) is 0 Å². The quantitative estimate of drug-likeness (QED) is 0.874. The van der Waals surface area contributed by atoms with Gasteiger partial charge >= 0.3 is 0 Å². The van der Waals surface area contributed by atoms with E-state index < -0.39 is 0 Å². The molecule has 90 valence electrons. The average Bonchev–Trinajstić information content (AvgIpc) is 2.78. The van der Waals surface area contributed by atoms with Crippen LogP contribution >= 0.6 is 11.3 Å². The van der Waals surface area contributed by atoms with E-state index in [1.165, 1.54) is 0 Å². The summed E-state index contributed by atoms with van der Waals surface area (Å²) in [7, 11) is 0. The molecule has 5 heteroatoms. The number of hydrogen-bond acceptors (Lipinski definition) is 5. The van der Waals surface area contributed by atoms with Gasteiger partial charge in [0.15, 0.2) is 0 Å². The summed E-state index contributed by atoms with van der Waals surface area (Å²) in [5, 5.41) is 22.8. The van der Waals surface area contributed by atoms with Gasteiger partial charge in [-0.3, -0.25) is 0 Å². The maximum absolute atomic E-state index is 9.42. The fourth-order valence-corrected chi connectivity index (χ4v) is 2.42. The molecular weight excluding hydrogens is 234 g/mol. The molecule has 1 atom stereocenters. The Morgan fingerprint density at radius 2 is 2.24 bits per heavy atom. The van der Waals surface area contributed by atoms with Gasteiger partial charge in [-0.1, -0.05) is 30.4 Å². The van der Waals surface area contributed by atoms with Crippen LogP contribution in [0.4, 0.5) is 0 Å². The Labute approximate surface area is 104 Å². The van der Waals surface area contributed by atoms with Gasteiger partial charge < -0.3 is 10.4 Å². The van der Waals surface area contributed by atoms with Crippen molar-refractivity contribution in [3.63, 3.8) is 0 Å². The van der Waals surface area contributed by atoms with Gasteiger partial charge in [-0.05, 0) is 25.6 Å². The number of aromatic hydroxyl groups is 1. The Balaban J connectivity index is 2.23. The zero-order valence-electron chi connectivity index (χ0n) is 9.84. The Bertz CT molecular complexity index is 498. The van der Waals surface area contributed by atoms with Crippen LogP contribution in [0.5, 0.6) is 5.75 Å². The SMILES string of the molecule is CCNC(C)c1nnc(-c2cccc(O)c2)s1. The average molecular weight is 249 g/mol. The zero-order chi connectivity index (χ0) is 12.3. The van der Waals surface area contributed by atoms with Gasteiger partial charge in [0, 0.05) is 5.56 Å². The molecule has 0 aliphatic carbocycles. The molecule has 0 aliphatic rings. The van der Waals surface area contributed by atoms with Crippen molar-refractivity contribution in [1.82, 2.24) is 15.5 Å². The predicted molar refractivity (Wildman–Crippen MR) is 69.1 cm³/mol. The lowest BCUT2D eigenvalue weighted by Crippen LogP contribution is -2.17. The Hall–Kier alpha value is -1.46. The molecule has 0 radical (unpaired) electrons. The molecule has 0 saturated carbocycles. The molecule has 1 aromatic heterocycles. The van der Waals surface area contributed by atoms with Crippen molar-refractivity contribution < 1.29 is 5.11 Å². The summed E-state index contributed by atoms with van der Waals surface area (Å²) >= 11 is 1.55. The topological polar surface area (TPSA) is 58.0 Å². The van der Waals surface area contributed by atoms with Crippen molar-refractivity contribution in [2.45, 2.75) is 19.9 Å². The Kier molecular flexibility index (Phi) is 3.71. The van der Waals surface area contributed by atoms with Crippen LogP contribution in [-0.2, 0) is 0 Å². The van der Waals surface area contributed by atoms with Gasteiger partial charge in [0.2, 0.25) is 0 Å². The molecule has 1 heterocycles. The second-order valence-electron chi connectivity index (χ2n) is 3.78. The van der Waals surface area contributed by atoms with Crippen molar-refractivity contribution in [2.75, 3.05) is 6.54 Å². The van der Waals surface area contributed by atoms with E-state index in [4.69, 9.17) is 0 Å². The molecule has 2 aromatic rings. The first kappa shape index (κ1) is 12.0. The van der Waals surface area contributed by atoms with E-state index in [0.29, 0.717) is 0 Å². The third kappa shape index (κ3) is 2.81. The van der Waals surface area contributed by atoms with E-state index >= 15 is 0 Å². The second-order valence-corrected chi connectivity index (χ2v) is 4.78. The predicted octanol–water partition coefficient (Wildman–Crippen LogP) is 2.58.